The van der Waals surface area contributed by atoms with E-state index in [1.165, 1.54) is 16.6 Å². The topological polar surface area (TPSA) is 69.0 Å². The summed E-state index contributed by atoms with van der Waals surface area (Å²) in [7, 11) is 1.92. The molecule has 0 aliphatic rings. The highest BCUT2D eigenvalue weighted by atomic mass is 32.2. The van der Waals surface area contributed by atoms with Crippen LogP contribution in [-0.2, 0) is 11.8 Å². The van der Waals surface area contributed by atoms with Crippen molar-refractivity contribution in [3.63, 3.8) is 0 Å². The number of ether oxygens (including phenoxy) is 1. The molecule has 8 heteroatoms. The average Bonchev–Trinajstić information content (AvgIpc) is 3.29. The molecule has 1 amide bonds. The first kappa shape index (κ1) is 20.4. The van der Waals surface area contributed by atoms with E-state index in [1.807, 2.05) is 42.8 Å². The maximum Gasteiger partial charge on any atom is 0.234 e. The number of amides is 1. The molecular weight excluding hydrogens is 392 g/mol. The molecular formula is C20H24N4O2S2. The lowest BCUT2D eigenvalue weighted by molar-refractivity contribution is -0.113. The largest absolute Gasteiger partial charge is 0.492 e. The van der Waals surface area contributed by atoms with E-state index < -0.39 is 0 Å². The number of carbonyl (C=O) groups is 1. The number of aromatic nitrogens is 3. The molecule has 148 valence electrons. The van der Waals surface area contributed by atoms with Crippen molar-refractivity contribution in [3.8, 4) is 17.1 Å². The van der Waals surface area contributed by atoms with Crippen molar-refractivity contribution in [2.24, 2.45) is 7.05 Å². The molecule has 0 spiro atoms. The average molecular weight is 417 g/mol. The highest BCUT2D eigenvalue weighted by Gasteiger charge is 2.15. The second-order valence-corrected chi connectivity index (χ2v) is 8.41. The number of para-hydroxylation sites is 2. The Bertz CT molecular complexity index is 949. The zero-order valence-electron chi connectivity index (χ0n) is 16.4. The molecule has 1 N–H and O–H groups in total. The first-order valence-corrected chi connectivity index (χ1v) is 11.0. The van der Waals surface area contributed by atoms with Gasteiger partial charge in [0.2, 0.25) is 5.91 Å². The Balaban J connectivity index is 1.63. The van der Waals surface area contributed by atoms with Crippen LogP contribution in [0.2, 0.25) is 0 Å². The molecule has 0 unspecified atom stereocenters. The molecule has 0 saturated carbocycles. The Labute approximate surface area is 173 Å². The molecule has 0 fully saturated rings. The van der Waals surface area contributed by atoms with E-state index in [1.54, 1.807) is 11.3 Å². The Morgan fingerprint density at radius 3 is 2.82 bits per heavy atom. The van der Waals surface area contributed by atoms with Crippen LogP contribution in [0.4, 0.5) is 5.69 Å². The lowest BCUT2D eigenvalue weighted by Gasteiger charge is -2.11. The molecule has 6 nitrogen and oxygen atoms in total. The number of thioether (sulfide) groups is 1. The molecule has 1 aromatic carbocycles. The van der Waals surface area contributed by atoms with Crippen LogP contribution < -0.4 is 10.1 Å². The van der Waals surface area contributed by atoms with Crippen molar-refractivity contribution in [3.05, 3.63) is 40.6 Å². The van der Waals surface area contributed by atoms with Gasteiger partial charge < -0.3 is 14.6 Å². The summed E-state index contributed by atoms with van der Waals surface area (Å²) in [4.78, 5) is 13.7. The normalized spacial score (nSPS) is 11.0. The van der Waals surface area contributed by atoms with Gasteiger partial charge in [-0.3, -0.25) is 4.79 Å². The molecule has 0 bridgehead atoms. The number of hydrogen-bond acceptors (Lipinski definition) is 6. The van der Waals surface area contributed by atoms with Crippen molar-refractivity contribution < 1.29 is 9.53 Å². The Morgan fingerprint density at radius 1 is 1.32 bits per heavy atom. The van der Waals surface area contributed by atoms with Crippen molar-refractivity contribution in [1.82, 2.24) is 14.8 Å². The third-order valence-electron chi connectivity index (χ3n) is 4.08. The van der Waals surface area contributed by atoms with Crippen LogP contribution in [0.3, 0.4) is 0 Å². The zero-order chi connectivity index (χ0) is 20.1. The van der Waals surface area contributed by atoms with Crippen LogP contribution in [0, 0.1) is 0 Å². The smallest absolute Gasteiger partial charge is 0.234 e. The number of rotatable bonds is 8. The van der Waals surface area contributed by atoms with Gasteiger partial charge >= 0.3 is 0 Å². The standard InChI is InChI=1S/C20H24N4O2S2/c1-5-26-16-9-7-6-8-15(16)21-18(25)12-28-20-23-22-19(24(20)4)14-10-17(13(2)3)27-11-14/h6-11,13H,5,12H2,1-4H3,(H,21,25). The van der Waals surface area contributed by atoms with E-state index in [0.29, 0.717) is 29.1 Å². The Morgan fingerprint density at radius 2 is 2.11 bits per heavy atom. The van der Waals surface area contributed by atoms with Crippen LogP contribution in [-0.4, -0.2) is 33.0 Å². The summed E-state index contributed by atoms with van der Waals surface area (Å²) in [6.07, 6.45) is 0. The van der Waals surface area contributed by atoms with Crippen LogP contribution in [0.5, 0.6) is 5.75 Å². The van der Waals surface area contributed by atoms with Crippen molar-refractivity contribution in [1.29, 1.82) is 0 Å². The third-order valence-corrected chi connectivity index (χ3v) is 6.33. The van der Waals surface area contributed by atoms with Gasteiger partial charge in [0, 0.05) is 22.9 Å². The van der Waals surface area contributed by atoms with E-state index >= 15 is 0 Å². The lowest BCUT2D eigenvalue weighted by Crippen LogP contribution is -2.15. The minimum Gasteiger partial charge on any atom is -0.492 e. The minimum absolute atomic E-state index is 0.112. The number of hydrogen-bond donors (Lipinski definition) is 1. The monoisotopic (exact) mass is 416 g/mol. The van der Waals surface area contributed by atoms with Crippen molar-refractivity contribution >= 4 is 34.7 Å². The third kappa shape index (κ3) is 4.74. The number of nitrogens with zero attached hydrogens (tertiary/aromatic N) is 3. The fourth-order valence-corrected chi connectivity index (χ4v) is 4.25. The number of benzene rings is 1. The number of carbonyl (C=O) groups excluding carboxylic acids is 1. The molecule has 0 atom stereocenters. The van der Waals surface area contributed by atoms with Crippen LogP contribution in [0.15, 0.2) is 40.9 Å². The van der Waals surface area contributed by atoms with Crippen LogP contribution in [0.1, 0.15) is 31.6 Å². The summed E-state index contributed by atoms with van der Waals surface area (Å²) >= 11 is 3.09. The van der Waals surface area contributed by atoms with Gasteiger partial charge in [0.15, 0.2) is 11.0 Å². The first-order chi connectivity index (χ1) is 13.5. The van der Waals surface area contributed by atoms with Gasteiger partial charge in [-0.2, -0.15) is 0 Å². The van der Waals surface area contributed by atoms with Gasteiger partial charge in [0.1, 0.15) is 5.75 Å². The second-order valence-electron chi connectivity index (χ2n) is 6.52. The Hall–Kier alpha value is -2.32. The predicted octanol–water partition coefficient (Wildman–Crippen LogP) is 4.80. The van der Waals surface area contributed by atoms with E-state index in [-0.39, 0.29) is 11.7 Å². The van der Waals surface area contributed by atoms with E-state index in [2.05, 4.69) is 40.8 Å². The number of anilines is 1. The summed E-state index contributed by atoms with van der Waals surface area (Å²) in [6, 6.07) is 9.58. The number of nitrogens with one attached hydrogen (secondary N) is 1. The fraction of sp³-hybridized carbons (Fsp3) is 0.350. The van der Waals surface area contributed by atoms with Gasteiger partial charge in [-0.05, 0) is 31.0 Å². The SMILES string of the molecule is CCOc1ccccc1NC(=O)CSc1nnc(-c2csc(C(C)C)c2)n1C. The van der Waals surface area contributed by atoms with Gasteiger partial charge in [0.05, 0.1) is 18.0 Å². The van der Waals surface area contributed by atoms with Gasteiger partial charge in [0.25, 0.3) is 0 Å². The summed E-state index contributed by atoms with van der Waals surface area (Å²) in [6.45, 7) is 6.81. The summed E-state index contributed by atoms with van der Waals surface area (Å²) in [5.41, 5.74) is 1.73. The molecule has 2 heterocycles. The van der Waals surface area contributed by atoms with Crippen molar-refractivity contribution in [2.45, 2.75) is 31.8 Å². The first-order valence-electron chi connectivity index (χ1n) is 9.12. The molecule has 0 aliphatic heterocycles. The van der Waals surface area contributed by atoms with Crippen LogP contribution >= 0.6 is 23.1 Å². The van der Waals surface area contributed by atoms with Crippen LogP contribution in [0.25, 0.3) is 11.4 Å². The molecule has 3 aromatic rings. The molecule has 0 radical (unpaired) electrons. The Kier molecular flexibility index (Phi) is 6.74. The summed E-state index contributed by atoms with van der Waals surface area (Å²) in [5, 5.41) is 14.3. The van der Waals surface area contributed by atoms with E-state index in [4.69, 9.17) is 4.74 Å². The van der Waals surface area contributed by atoms with Gasteiger partial charge in [-0.1, -0.05) is 37.7 Å². The maximum absolute atomic E-state index is 12.4. The van der Waals surface area contributed by atoms with Crippen molar-refractivity contribution in [2.75, 3.05) is 17.7 Å². The van der Waals surface area contributed by atoms with Gasteiger partial charge in [-0.25, -0.2) is 0 Å². The molecule has 3 rings (SSSR count). The van der Waals surface area contributed by atoms with E-state index in [0.717, 1.165) is 11.4 Å². The molecule has 0 saturated heterocycles. The van der Waals surface area contributed by atoms with Gasteiger partial charge in [-0.15, -0.1) is 21.5 Å². The van der Waals surface area contributed by atoms with E-state index in [9.17, 15) is 4.79 Å². The minimum atomic E-state index is -0.112. The second kappa shape index (κ2) is 9.25. The zero-order valence-corrected chi connectivity index (χ0v) is 18.1. The highest BCUT2D eigenvalue weighted by Crippen LogP contribution is 2.30. The predicted molar refractivity (Wildman–Crippen MR) is 115 cm³/mol. The maximum atomic E-state index is 12.4. The molecule has 0 aliphatic carbocycles. The summed E-state index contributed by atoms with van der Waals surface area (Å²) in [5.74, 6) is 2.10. The highest BCUT2D eigenvalue weighted by molar-refractivity contribution is 7.99. The number of thiophene rings is 1. The lowest BCUT2D eigenvalue weighted by atomic mass is 10.1. The molecule has 2 aromatic heterocycles. The summed E-state index contributed by atoms with van der Waals surface area (Å²) < 4.78 is 7.47. The fourth-order valence-electron chi connectivity index (χ4n) is 2.63. The quantitative estimate of drug-likeness (QED) is 0.534. The molecule has 28 heavy (non-hydrogen) atoms.